The first-order valence-electron chi connectivity index (χ1n) is 5.90. The molecule has 1 amide bonds. The number of hydrogen-bond acceptors (Lipinski definition) is 3. The van der Waals surface area contributed by atoms with E-state index in [1.54, 1.807) is 0 Å². The van der Waals surface area contributed by atoms with Gasteiger partial charge in [-0.3, -0.25) is 4.79 Å². The molecule has 5 heteroatoms. The molecule has 16 heavy (non-hydrogen) atoms. The molecule has 0 aromatic rings. The zero-order valence-electron chi connectivity index (χ0n) is 9.56. The number of carbonyl (C=O) groups excluding carboxylic acids is 1. The number of carbonyl (C=O) groups is 1. The van der Waals surface area contributed by atoms with Crippen LogP contribution in [0.5, 0.6) is 0 Å². The smallest absolute Gasteiger partial charge is 0.225 e. The Bertz CT molecular complexity index is 232. The average molecular weight is 249 g/mol. The van der Waals surface area contributed by atoms with E-state index in [4.69, 9.17) is 10.5 Å². The van der Waals surface area contributed by atoms with Gasteiger partial charge < -0.3 is 15.4 Å². The second-order valence-corrected chi connectivity index (χ2v) is 4.58. The maximum Gasteiger partial charge on any atom is 0.225 e. The monoisotopic (exact) mass is 248 g/mol. The van der Waals surface area contributed by atoms with E-state index >= 15 is 0 Å². The number of ether oxygens (including phenoxy) is 1. The molecule has 2 aliphatic rings. The number of piperidine rings is 1. The topological polar surface area (TPSA) is 55.6 Å². The van der Waals surface area contributed by atoms with E-state index in [-0.39, 0.29) is 30.5 Å². The molecule has 94 valence electrons. The third-order valence-corrected chi connectivity index (χ3v) is 3.24. The lowest BCUT2D eigenvalue weighted by Crippen LogP contribution is -2.46. The minimum absolute atomic E-state index is 0. The zero-order chi connectivity index (χ0) is 10.7. The van der Waals surface area contributed by atoms with E-state index in [1.807, 2.05) is 4.90 Å². The summed E-state index contributed by atoms with van der Waals surface area (Å²) < 4.78 is 5.46. The lowest BCUT2D eigenvalue weighted by atomic mass is 10.1. The van der Waals surface area contributed by atoms with Crippen molar-refractivity contribution in [2.24, 2.45) is 5.73 Å². The molecule has 2 saturated heterocycles. The number of nitrogens with two attached hydrogens (primary N) is 1. The normalized spacial score (nSPS) is 29.9. The molecular formula is C11H21ClN2O2. The van der Waals surface area contributed by atoms with Crippen LogP contribution in [0.3, 0.4) is 0 Å². The van der Waals surface area contributed by atoms with Crippen LogP contribution in [0, 0.1) is 0 Å². The average Bonchev–Trinajstić information content (AvgIpc) is 2.70. The molecule has 4 nitrogen and oxygen atoms in total. The fourth-order valence-electron chi connectivity index (χ4n) is 2.37. The fraction of sp³-hybridized carbons (Fsp3) is 0.909. The standard InChI is InChI=1S/C11H20N2O2.ClH/c12-9-3-1-5-13(8-9)11(14)7-10-4-2-6-15-10;/h9-10H,1-8,12H2;1H. The van der Waals surface area contributed by atoms with Crippen molar-refractivity contribution in [3.63, 3.8) is 0 Å². The summed E-state index contributed by atoms with van der Waals surface area (Å²) in [5, 5.41) is 0. The van der Waals surface area contributed by atoms with E-state index in [0.717, 1.165) is 45.4 Å². The Hall–Kier alpha value is -0.320. The highest BCUT2D eigenvalue weighted by Gasteiger charge is 2.25. The molecule has 2 aliphatic heterocycles. The van der Waals surface area contributed by atoms with E-state index in [0.29, 0.717) is 6.42 Å². The van der Waals surface area contributed by atoms with Crippen LogP contribution in [-0.4, -0.2) is 42.6 Å². The Morgan fingerprint density at radius 1 is 1.38 bits per heavy atom. The molecule has 2 rings (SSSR count). The van der Waals surface area contributed by atoms with Crippen LogP contribution in [0.25, 0.3) is 0 Å². The van der Waals surface area contributed by atoms with E-state index in [9.17, 15) is 4.79 Å². The highest BCUT2D eigenvalue weighted by atomic mass is 35.5. The third-order valence-electron chi connectivity index (χ3n) is 3.24. The largest absolute Gasteiger partial charge is 0.378 e. The van der Waals surface area contributed by atoms with Crippen LogP contribution in [0.2, 0.25) is 0 Å². The predicted octanol–water partition coefficient (Wildman–Crippen LogP) is 0.927. The van der Waals surface area contributed by atoms with Gasteiger partial charge in [-0.15, -0.1) is 12.4 Å². The van der Waals surface area contributed by atoms with Crippen LogP contribution in [0.4, 0.5) is 0 Å². The van der Waals surface area contributed by atoms with Gasteiger partial charge in [0, 0.05) is 25.7 Å². The van der Waals surface area contributed by atoms with Crippen LogP contribution >= 0.6 is 12.4 Å². The molecule has 2 atom stereocenters. The van der Waals surface area contributed by atoms with Crippen LogP contribution in [0.1, 0.15) is 32.1 Å². The SMILES string of the molecule is Cl.NC1CCCN(C(=O)CC2CCCO2)C1. The van der Waals surface area contributed by atoms with Crippen molar-refractivity contribution in [2.75, 3.05) is 19.7 Å². The number of halogens is 1. The van der Waals surface area contributed by atoms with Crippen molar-refractivity contribution < 1.29 is 9.53 Å². The summed E-state index contributed by atoms with van der Waals surface area (Å²) in [6.07, 6.45) is 4.92. The molecule has 2 unspecified atom stereocenters. The maximum atomic E-state index is 11.9. The Kier molecular flexibility index (Phi) is 5.52. The fourth-order valence-corrected chi connectivity index (χ4v) is 2.37. The third kappa shape index (κ3) is 3.61. The second kappa shape index (κ2) is 6.42. The van der Waals surface area contributed by atoms with Gasteiger partial charge in [-0.05, 0) is 25.7 Å². The Morgan fingerprint density at radius 3 is 2.81 bits per heavy atom. The molecule has 2 heterocycles. The Morgan fingerprint density at radius 2 is 2.19 bits per heavy atom. The van der Waals surface area contributed by atoms with Gasteiger partial charge in [0.15, 0.2) is 0 Å². The van der Waals surface area contributed by atoms with Gasteiger partial charge in [0.25, 0.3) is 0 Å². The molecular weight excluding hydrogens is 228 g/mol. The van der Waals surface area contributed by atoms with Gasteiger partial charge >= 0.3 is 0 Å². The summed E-state index contributed by atoms with van der Waals surface area (Å²) in [5.41, 5.74) is 5.85. The molecule has 0 bridgehead atoms. The summed E-state index contributed by atoms with van der Waals surface area (Å²) in [6.45, 7) is 2.42. The predicted molar refractivity (Wildman–Crippen MR) is 64.6 cm³/mol. The first kappa shape index (κ1) is 13.7. The van der Waals surface area contributed by atoms with Crippen molar-refractivity contribution in [3.05, 3.63) is 0 Å². The Balaban J connectivity index is 0.00000128. The number of nitrogens with zero attached hydrogens (tertiary/aromatic N) is 1. The second-order valence-electron chi connectivity index (χ2n) is 4.58. The van der Waals surface area contributed by atoms with Gasteiger partial charge in [0.2, 0.25) is 5.91 Å². The Labute approximate surface area is 103 Å². The highest BCUT2D eigenvalue weighted by molar-refractivity contribution is 5.85. The van der Waals surface area contributed by atoms with Crippen molar-refractivity contribution in [1.82, 2.24) is 4.90 Å². The van der Waals surface area contributed by atoms with Crippen LogP contribution in [0.15, 0.2) is 0 Å². The van der Waals surface area contributed by atoms with Gasteiger partial charge in [0.05, 0.1) is 12.5 Å². The molecule has 2 fully saturated rings. The zero-order valence-corrected chi connectivity index (χ0v) is 10.4. The van der Waals surface area contributed by atoms with Gasteiger partial charge in [-0.2, -0.15) is 0 Å². The van der Waals surface area contributed by atoms with Crippen LogP contribution in [-0.2, 0) is 9.53 Å². The maximum absolute atomic E-state index is 11.9. The summed E-state index contributed by atoms with van der Waals surface area (Å²) in [7, 11) is 0. The van der Waals surface area contributed by atoms with Crippen molar-refractivity contribution >= 4 is 18.3 Å². The van der Waals surface area contributed by atoms with Crippen molar-refractivity contribution in [3.8, 4) is 0 Å². The number of likely N-dealkylation sites (tertiary alicyclic amines) is 1. The molecule has 0 aliphatic carbocycles. The first-order chi connectivity index (χ1) is 7.25. The minimum atomic E-state index is 0. The first-order valence-corrected chi connectivity index (χ1v) is 5.90. The quantitative estimate of drug-likeness (QED) is 0.791. The lowest BCUT2D eigenvalue weighted by molar-refractivity contribution is -0.134. The van der Waals surface area contributed by atoms with Crippen molar-refractivity contribution in [1.29, 1.82) is 0 Å². The van der Waals surface area contributed by atoms with Gasteiger partial charge in [-0.1, -0.05) is 0 Å². The molecule has 0 radical (unpaired) electrons. The van der Waals surface area contributed by atoms with Crippen LogP contribution < -0.4 is 5.73 Å². The summed E-state index contributed by atoms with van der Waals surface area (Å²) in [5.74, 6) is 0.219. The van der Waals surface area contributed by atoms with Gasteiger partial charge in [-0.25, -0.2) is 0 Å². The van der Waals surface area contributed by atoms with E-state index < -0.39 is 0 Å². The van der Waals surface area contributed by atoms with E-state index in [1.165, 1.54) is 0 Å². The molecule has 0 aromatic carbocycles. The highest BCUT2D eigenvalue weighted by Crippen LogP contribution is 2.18. The number of hydrogen-bond donors (Lipinski definition) is 1. The van der Waals surface area contributed by atoms with E-state index in [2.05, 4.69) is 0 Å². The lowest BCUT2D eigenvalue weighted by Gasteiger charge is -2.31. The molecule has 0 aromatic heterocycles. The van der Waals surface area contributed by atoms with Crippen molar-refractivity contribution in [2.45, 2.75) is 44.2 Å². The number of amides is 1. The minimum Gasteiger partial charge on any atom is -0.378 e. The van der Waals surface area contributed by atoms with Gasteiger partial charge in [0.1, 0.15) is 0 Å². The summed E-state index contributed by atoms with van der Waals surface area (Å²) >= 11 is 0. The molecule has 0 saturated carbocycles. The summed E-state index contributed by atoms with van der Waals surface area (Å²) in [6, 6.07) is 0.173. The summed E-state index contributed by atoms with van der Waals surface area (Å²) in [4.78, 5) is 13.8. The number of rotatable bonds is 2. The molecule has 2 N–H and O–H groups in total. The molecule has 0 spiro atoms.